The van der Waals surface area contributed by atoms with Gasteiger partial charge in [0.05, 0.1) is 28.8 Å². The lowest BCUT2D eigenvalue weighted by Gasteiger charge is -2.14. The predicted octanol–water partition coefficient (Wildman–Crippen LogP) is 1.37. The summed E-state index contributed by atoms with van der Waals surface area (Å²) in [6, 6.07) is 2.48. The number of nitrogens with zero attached hydrogens (tertiary/aromatic N) is 3. The van der Waals surface area contributed by atoms with Gasteiger partial charge in [0, 0.05) is 18.3 Å². The van der Waals surface area contributed by atoms with Crippen LogP contribution in [0, 0.1) is 6.92 Å². The number of rotatable bonds is 4. The van der Waals surface area contributed by atoms with Crippen LogP contribution in [0.5, 0.6) is 0 Å². The van der Waals surface area contributed by atoms with Crippen molar-refractivity contribution >= 4 is 21.6 Å². The summed E-state index contributed by atoms with van der Waals surface area (Å²) >= 11 is 0. The van der Waals surface area contributed by atoms with Crippen LogP contribution >= 0.6 is 0 Å². The first kappa shape index (κ1) is 20.1. The first-order chi connectivity index (χ1) is 12.9. The number of halogens is 3. The van der Waals surface area contributed by atoms with Gasteiger partial charge in [-0.3, -0.25) is 9.59 Å². The van der Waals surface area contributed by atoms with Crippen LogP contribution in [-0.4, -0.2) is 40.2 Å². The second-order valence-electron chi connectivity index (χ2n) is 6.60. The molecule has 0 saturated carbocycles. The van der Waals surface area contributed by atoms with Crippen molar-refractivity contribution in [2.75, 3.05) is 16.8 Å². The van der Waals surface area contributed by atoms with Gasteiger partial charge in [-0.2, -0.15) is 18.3 Å². The molecule has 8 nitrogen and oxygen atoms in total. The van der Waals surface area contributed by atoms with Crippen molar-refractivity contribution in [2.24, 2.45) is 0 Å². The number of carbonyl (C=O) groups is 1. The molecule has 1 atom stereocenters. The number of sulfone groups is 1. The lowest BCUT2D eigenvalue weighted by molar-refractivity contribution is -0.138. The molecular weight excluding hydrogens is 401 g/mol. The molecule has 1 unspecified atom stereocenters. The molecule has 1 fully saturated rings. The minimum Gasteiger partial charge on any atom is -0.309 e. The minimum absolute atomic E-state index is 0.0174. The van der Waals surface area contributed by atoms with Crippen LogP contribution in [0.25, 0.3) is 0 Å². The second kappa shape index (κ2) is 7.08. The molecule has 0 bridgehead atoms. The first-order valence-corrected chi connectivity index (χ1v) is 10.1. The summed E-state index contributed by atoms with van der Waals surface area (Å²) < 4.78 is 63.8. The molecule has 152 valence electrons. The topological polar surface area (TPSA) is 103 Å². The number of alkyl halides is 3. The summed E-state index contributed by atoms with van der Waals surface area (Å²) in [7, 11) is -3.18. The highest BCUT2D eigenvalue weighted by Crippen LogP contribution is 2.28. The van der Waals surface area contributed by atoms with E-state index in [9.17, 15) is 31.2 Å². The Morgan fingerprint density at radius 2 is 2.07 bits per heavy atom. The molecular formula is C16H17F3N4O4S. The SMILES string of the molecule is Cc1cc(NC(=O)Cn2cc(C(F)(F)F)ccc2=O)n(C2CCS(=O)(=O)C2)n1. The second-order valence-corrected chi connectivity index (χ2v) is 8.83. The van der Waals surface area contributed by atoms with E-state index in [0.717, 1.165) is 6.07 Å². The molecule has 1 aliphatic heterocycles. The van der Waals surface area contributed by atoms with Crippen LogP contribution in [0.3, 0.4) is 0 Å². The van der Waals surface area contributed by atoms with E-state index in [4.69, 9.17) is 0 Å². The van der Waals surface area contributed by atoms with E-state index in [-0.39, 0.29) is 17.3 Å². The molecule has 3 rings (SSSR count). The quantitative estimate of drug-likeness (QED) is 0.808. The number of aromatic nitrogens is 3. The van der Waals surface area contributed by atoms with Crippen LogP contribution < -0.4 is 10.9 Å². The van der Waals surface area contributed by atoms with Crippen molar-refractivity contribution in [3.63, 3.8) is 0 Å². The fraction of sp³-hybridized carbons (Fsp3) is 0.438. The fourth-order valence-electron chi connectivity index (χ4n) is 3.02. The number of carbonyl (C=O) groups excluding carboxylic acids is 1. The Balaban J connectivity index is 1.79. The number of hydrogen-bond acceptors (Lipinski definition) is 5. The van der Waals surface area contributed by atoms with Gasteiger partial charge >= 0.3 is 6.18 Å². The van der Waals surface area contributed by atoms with Crippen LogP contribution in [0.1, 0.15) is 23.7 Å². The fourth-order valence-corrected chi connectivity index (χ4v) is 4.71. The number of pyridine rings is 1. The van der Waals surface area contributed by atoms with Crippen molar-refractivity contribution in [1.82, 2.24) is 14.3 Å². The van der Waals surface area contributed by atoms with Crippen molar-refractivity contribution in [1.29, 1.82) is 0 Å². The molecule has 2 aromatic rings. The largest absolute Gasteiger partial charge is 0.417 e. The maximum atomic E-state index is 12.8. The summed E-state index contributed by atoms with van der Waals surface area (Å²) in [5, 5.41) is 6.70. The molecule has 3 heterocycles. The van der Waals surface area contributed by atoms with Crippen LogP contribution in [0.15, 0.2) is 29.2 Å². The number of anilines is 1. The van der Waals surface area contributed by atoms with Crippen molar-refractivity contribution in [3.8, 4) is 0 Å². The number of amides is 1. The Morgan fingerprint density at radius 1 is 1.36 bits per heavy atom. The third-order valence-corrected chi connectivity index (χ3v) is 6.05. The van der Waals surface area contributed by atoms with Crippen LogP contribution in [-0.2, 0) is 27.4 Å². The van der Waals surface area contributed by atoms with Crippen molar-refractivity contribution < 1.29 is 26.4 Å². The third-order valence-electron chi connectivity index (χ3n) is 4.30. The zero-order valence-electron chi connectivity index (χ0n) is 14.7. The van der Waals surface area contributed by atoms with Gasteiger partial charge in [-0.05, 0) is 19.4 Å². The van der Waals surface area contributed by atoms with Gasteiger partial charge in [-0.15, -0.1) is 0 Å². The average molecular weight is 418 g/mol. The smallest absolute Gasteiger partial charge is 0.309 e. The third kappa shape index (κ3) is 4.43. The molecule has 0 radical (unpaired) electrons. The number of aryl methyl sites for hydroxylation is 1. The highest BCUT2D eigenvalue weighted by Gasteiger charge is 2.32. The van der Waals surface area contributed by atoms with Crippen LogP contribution in [0.2, 0.25) is 0 Å². The maximum absolute atomic E-state index is 12.8. The zero-order chi connectivity index (χ0) is 20.7. The summed E-state index contributed by atoms with van der Waals surface area (Å²) in [5.74, 6) is -0.596. The predicted molar refractivity (Wildman–Crippen MR) is 93.6 cm³/mol. The zero-order valence-corrected chi connectivity index (χ0v) is 15.5. The molecule has 0 aliphatic carbocycles. The Morgan fingerprint density at radius 3 is 2.68 bits per heavy atom. The van der Waals surface area contributed by atoms with E-state index in [1.807, 2.05) is 0 Å². The van der Waals surface area contributed by atoms with Crippen LogP contribution in [0.4, 0.5) is 19.0 Å². The average Bonchev–Trinajstić information content (AvgIpc) is 3.10. The Bertz CT molecular complexity index is 1070. The molecule has 28 heavy (non-hydrogen) atoms. The molecule has 0 aromatic carbocycles. The standard InChI is InChI=1S/C16H17F3N4O4S/c1-10-6-13(23(21-10)12-4-5-28(26,27)9-12)20-14(24)8-22-7-11(16(17,18)19)2-3-15(22)25/h2-3,6-7,12H,4-5,8-9H2,1H3,(H,20,24). The number of nitrogens with one attached hydrogen (secondary N) is 1. The Labute approximate surface area is 157 Å². The molecule has 1 N–H and O–H groups in total. The molecule has 0 spiro atoms. The highest BCUT2D eigenvalue weighted by atomic mass is 32.2. The van der Waals surface area contributed by atoms with Crippen molar-refractivity contribution in [3.05, 3.63) is 46.0 Å². The summed E-state index contributed by atoms with van der Waals surface area (Å²) in [6.45, 7) is 1.03. The van der Waals surface area contributed by atoms with Gasteiger partial charge in [0.15, 0.2) is 9.84 Å². The first-order valence-electron chi connectivity index (χ1n) is 8.29. The monoisotopic (exact) mass is 418 g/mol. The van der Waals surface area contributed by atoms with E-state index in [0.29, 0.717) is 28.9 Å². The van der Waals surface area contributed by atoms with Gasteiger partial charge in [0.1, 0.15) is 12.4 Å². The lowest BCUT2D eigenvalue weighted by Crippen LogP contribution is -2.29. The van der Waals surface area contributed by atoms with Gasteiger partial charge in [0.2, 0.25) is 5.91 Å². The molecule has 1 saturated heterocycles. The molecule has 12 heteroatoms. The lowest BCUT2D eigenvalue weighted by atomic mass is 10.2. The van der Waals surface area contributed by atoms with Gasteiger partial charge < -0.3 is 9.88 Å². The van der Waals surface area contributed by atoms with E-state index >= 15 is 0 Å². The van der Waals surface area contributed by atoms with Gasteiger partial charge in [0.25, 0.3) is 5.56 Å². The molecule has 1 amide bonds. The highest BCUT2D eigenvalue weighted by molar-refractivity contribution is 7.91. The Kier molecular flexibility index (Phi) is 5.08. The van der Waals surface area contributed by atoms with E-state index in [1.54, 1.807) is 6.92 Å². The summed E-state index contributed by atoms with van der Waals surface area (Å²) in [5.41, 5.74) is -1.26. The number of hydrogen-bond donors (Lipinski definition) is 1. The van der Waals surface area contributed by atoms with Gasteiger partial charge in [-0.25, -0.2) is 13.1 Å². The summed E-state index contributed by atoms with van der Waals surface area (Å²) in [6.07, 6.45) is -3.72. The maximum Gasteiger partial charge on any atom is 0.417 e. The molecule has 2 aromatic heterocycles. The Hall–Kier alpha value is -2.63. The normalized spacial score (nSPS) is 18.9. The van der Waals surface area contributed by atoms with Gasteiger partial charge in [-0.1, -0.05) is 0 Å². The summed E-state index contributed by atoms with van der Waals surface area (Å²) in [4.78, 5) is 24.1. The van der Waals surface area contributed by atoms with Crippen molar-refractivity contribution in [2.45, 2.75) is 32.1 Å². The van der Waals surface area contributed by atoms with E-state index in [2.05, 4.69) is 10.4 Å². The van der Waals surface area contributed by atoms with E-state index < -0.39 is 45.6 Å². The minimum atomic E-state index is -4.64. The van der Waals surface area contributed by atoms with E-state index in [1.165, 1.54) is 10.7 Å². The molecule has 1 aliphatic rings.